The Balaban J connectivity index is 0.000000832. The maximum Gasteiger partial charge on any atom is 0.434 e. The molecule has 56 heavy (non-hydrogen) atoms. The van der Waals surface area contributed by atoms with Gasteiger partial charge in [-0.25, -0.2) is 28.8 Å². The Morgan fingerprint density at radius 2 is 0.821 bits per heavy atom. The fourth-order valence-corrected chi connectivity index (χ4v) is 3.03. The molecule has 0 heterocycles. The fourth-order valence-electron chi connectivity index (χ4n) is 3.03. The minimum absolute atomic E-state index is 0.0396. The van der Waals surface area contributed by atoms with Crippen molar-refractivity contribution in [3.63, 3.8) is 0 Å². The maximum absolute atomic E-state index is 12.2. The van der Waals surface area contributed by atoms with E-state index in [0.29, 0.717) is 6.92 Å². The molecule has 2 aromatic carbocycles. The van der Waals surface area contributed by atoms with Crippen LogP contribution in [-0.4, -0.2) is 106 Å². The van der Waals surface area contributed by atoms with Crippen molar-refractivity contribution in [3.8, 4) is 0 Å². The molecule has 0 bridgehead atoms. The van der Waals surface area contributed by atoms with Gasteiger partial charge in [0.1, 0.15) is 0 Å². The summed E-state index contributed by atoms with van der Waals surface area (Å²) >= 11 is 0. The van der Waals surface area contributed by atoms with Crippen molar-refractivity contribution in [2.24, 2.45) is 0 Å². The van der Waals surface area contributed by atoms with E-state index in [9.17, 15) is 77.9 Å². The van der Waals surface area contributed by atoms with Gasteiger partial charge in [-0.1, -0.05) is 0 Å². The van der Waals surface area contributed by atoms with Gasteiger partial charge in [0.05, 0.1) is 36.5 Å². The van der Waals surface area contributed by atoms with Gasteiger partial charge < -0.3 is 33.2 Å². The number of esters is 8. The Morgan fingerprint density at radius 1 is 0.500 bits per heavy atom. The molecule has 310 valence electrons. The molecule has 0 amide bonds. The number of carbonyl (C=O) groups excluding carboxylic acids is 8. The molecule has 0 aliphatic heterocycles. The van der Waals surface area contributed by atoms with Crippen LogP contribution >= 0.6 is 0 Å². The molecule has 1 unspecified atom stereocenters. The van der Waals surface area contributed by atoms with E-state index in [0.717, 1.165) is 45.2 Å². The third-order valence-corrected chi connectivity index (χ3v) is 5.67. The highest BCUT2D eigenvalue weighted by Gasteiger charge is 2.60. The van der Waals surface area contributed by atoms with Crippen molar-refractivity contribution in [2.45, 2.75) is 51.5 Å². The lowest BCUT2D eigenvalue weighted by molar-refractivity contribution is -0.307. The van der Waals surface area contributed by atoms with E-state index in [1.54, 1.807) is 0 Å². The SMILES string of the molecule is CC(=O)OCC(=O)OC(C)C(F)(F)F.COC(=O)c1ccc(C(=O)OC(=O)COC(C)=O)cc1.COC(=O)c1ccc(C(=O)OC(C(F)(F)F)C(F)(F)F)cc1. The average Bonchev–Trinajstić information content (AvgIpc) is 3.10. The van der Waals surface area contributed by atoms with Gasteiger partial charge in [0.2, 0.25) is 0 Å². The summed E-state index contributed by atoms with van der Waals surface area (Å²) in [4.78, 5) is 87.6. The predicted octanol–water partition coefficient (Wildman–Crippen LogP) is 4.89. The number of alkyl halides is 9. The molecule has 15 nitrogen and oxygen atoms in total. The van der Waals surface area contributed by atoms with E-state index in [1.165, 1.54) is 31.4 Å². The topological polar surface area (TPSA) is 201 Å². The predicted molar refractivity (Wildman–Crippen MR) is 162 cm³/mol. The zero-order chi connectivity index (χ0) is 43.6. The molecule has 2 rings (SSSR count). The fraction of sp³-hybridized carbons (Fsp3) is 0.375. The first-order chi connectivity index (χ1) is 25.6. The van der Waals surface area contributed by atoms with Crippen molar-refractivity contribution in [2.75, 3.05) is 27.4 Å². The van der Waals surface area contributed by atoms with Gasteiger partial charge in [0.25, 0.3) is 6.10 Å². The van der Waals surface area contributed by atoms with E-state index in [1.807, 2.05) is 0 Å². The average molecular weight is 825 g/mol. The van der Waals surface area contributed by atoms with Crippen LogP contribution in [0.5, 0.6) is 0 Å². The zero-order valence-corrected chi connectivity index (χ0v) is 29.2. The van der Waals surface area contributed by atoms with Crippen LogP contribution in [-0.2, 0) is 52.3 Å². The van der Waals surface area contributed by atoms with Gasteiger partial charge in [0, 0.05) is 13.8 Å². The molecule has 0 saturated carbocycles. The summed E-state index contributed by atoms with van der Waals surface area (Å²) in [6.07, 6.45) is -22.6. The van der Waals surface area contributed by atoms with Gasteiger partial charge in [-0.05, 0) is 55.5 Å². The Morgan fingerprint density at radius 3 is 1.12 bits per heavy atom. The molecule has 0 N–H and O–H groups in total. The highest BCUT2D eigenvalue weighted by atomic mass is 19.4. The summed E-state index contributed by atoms with van der Waals surface area (Å²) < 4.78 is 138. The number of rotatable bonds is 10. The molecular weight excluding hydrogens is 795 g/mol. The summed E-state index contributed by atoms with van der Waals surface area (Å²) in [5.41, 5.74) is -0.280. The van der Waals surface area contributed by atoms with E-state index in [-0.39, 0.29) is 16.7 Å². The van der Waals surface area contributed by atoms with Crippen LogP contribution in [0.3, 0.4) is 0 Å². The molecule has 2 aromatic rings. The molecule has 0 saturated heterocycles. The molecule has 0 aliphatic carbocycles. The first kappa shape index (κ1) is 49.8. The Labute approximate surface area is 308 Å². The van der Waals surface area contributed by atoms with Crippen molar-refractivity contribution in [1.82, 2.24) is 0 Å². The Bertz CT molecular complexity index is 1670. The summed E-state index contributed by atoms with van der Waals surface area (Å²) in [6, 6.07) is 9.04. The number of carbonyl (C=O) groups is 8. The molecule has 24 heteroatoms. The van der Waals surface area contributed by atoms with Crippen LogP contribution in [0.25, 0.3) is 0 Å². The van der Waals surface area contributed by atoms with Gasteiger partial charge in [0.15, 0.2) is 19.3 Å². The van der Waals surface area contributed by atoms with E-state index < -0.39 is 97.3 Å². The van der Waals surface area contributed by atoms with Crippen LogP contribution in [0.2, 0.25) is 0 Å². The summed E-state index contributed by atoms with van der Waals surface area (Å²) in [7, 11) is 2.31. The molecule has 0 radical (unpaired) electrons. The second-order valence-corrected chi connectivity index (χ2v) is 10.0. The Kier molecular flexibility index (Phi) is 19.7. The van der Waals surface area contributed by atoms with E-state index in [4.69, 9.17) is 0 Å². The lowest BCUT2D eigenvalue weighted by Gasteiger charge is -2.22. The van der Waals surface area contributed by atoms with Gasteiger partial charge in [-0.3, -0.25) is 9.59 Å². The molecule has 0 aliphatic rings. The number of benzene rings is 2. The molecule has 0 spiro atoms. The molecule has 1 atom stereocenters. The maximum atomic E-state index is 12.2. The Hall–Kier alpha value is -6.23. The molecular formula is C32H29F9O15. The van der Waals surface area contributed by atoms with Gasteiger partial charge >= 0.3 is 66.3 Å². The first-order valence-corrected chi connectivity index (χ1v) is 14.6. The summed E-state index contributed by atoms with van der Waals surface area (Å²) in [5, 5.41) is 0. The van der Waals surface area contributed by atoms with Crippen LogP contribution in [0.4, 0.5) is 39.5 Å². The number of hydrogen-bond donors (Lipinski definition) is 0. The van der Waals surface area contributed by atoms with Crippen LogP contribution in [0.15, 0.2) is 48.5 Å². The minimum Gasteiger partial charge on any atom is -0.465 e. The lowest BCUT2D eigenvalue weighted by Crippen LogP contribution is -2.45. The number of methoxy groups -OCH3 is 2. The molecule has 0 aromatic heterocycles. The van der Waals surface area contributed by atoms with Crippen molar-refractivity contribution >= 4 is 47.8 Å². The smallest absolute Gasteiger partial charge is 0.434 e. The third kappa shape index (κ3) is 19.2. The third-order valence-electron chi connectivity index (χ3n) is 5.67. The number of ether oxygens (including phenoxy) is 7. The standard InChI is InChI=1S/C13H12O7.C12H8F6O4.C7H9F3O4/c1-8(14)19-7-11(15)20-13(17)10-5-3-9(4-6-10)12(16)18-2;1-21-8(19)6-2-4-7(5-3-6)9(20)22-10(11(13,14)15)12(16,17)18;1-4(7(8,9)10)14-6(12)3-13-5(2)11/h3-6H,7H2,1-2H3;2-5,10H,1H3;4H,3H2,1-2H3. The minimum atomic E-state index is -5.79. The first-order valence-electron chi connectivity index (χ1n) is 14.6. The molecule has 0 fully saturated rings. The van der Waals surface area contributed by atoms with Crippen molar-refractivity contribution < 1.29 is 111 Å². The highest BCUT2D eigenvalue weighted by Crippen LogP contribution is 2.36. The van der Waals surface area contributed by atoms with Crippen LogP contribution < -0.4 is 0 Å². The largest absolute Gasteiger partial charge is 0.465 e. The van der Waals surface area contributed by atoms with E-state index in [2.05, 4.69) is 33.2 Å². The van der Waals surface area contributed by atoms with Crippen LogP contribution in [0.1, 0.15) is 62.2 Å². The van der Waals surface area contributed by atoms with Crippen LogP contribution in [0, 0.1) is 0 Å². The number of halogens is 9. The number of hydrogen-bond acceptors (Lipinski definition) is 15. The van der Waals surface area contributed by atoms with E-state index >= 15 is 0 Å². The second kappa shape index (κ2) is 22.2. The highest BCUT2D eigenvalue weighted by molar-refractivity contribution is 5.98. The lowest BCUT2D eigenvalue weighted by atomic mass is 10.1. The van der Waals surface area contributed by atoms with Gasteiger partial charge in [-0.15, -0.1) is 0 Å². The summed E-state index contributed by atoms with van der Waals surface area (Å²) in [5.74, 6) is -7.69. The van der Waals surface area contributed by atoms with Crippen molar-refractivity contribution in [3.05, 3.63) is 70.8 Å². The second-order valence-electron chi connectivity index (χ2n) is 10.0. The normalized spacial score (nSPS) is 11.5. The quantitative estimate of drug-likeness (QED) is 0.136. The zero-order valence-electron chi connectivity index (χ0n) is 29.2. The van der Waals surface area contributed by atoms with Crippen molar-refractivity contribution in [1.29, 1.82) is 0 Å². The summed E-state index contributed by atoms with van der Waals surface area (Å²) in [6.45, 7) is 1.39. The monoisotopic (exact) mass is 824 g/mol. The van der Waals surface area contributed by atoms with Gasteiger partial charge in [-0.2, -0.15) is 39.5 Å².